The number of hydrogen-bond donors (Lipinski definition) is 0. The lowest BCUT2D eigenvalue weighted by atomic mass is 9.80. The summed E-state index contributed by atoms with van der Waals surface area (Å²) in [5, 5.41) is 0. The quantitative estimate of drug-likeness (QED) is 0.248. The third-order valence-corrected chi connectivity index (χ3v) is 6.74. The molecule has 1 fully saturated rings. The molecule has 0 spiro atoms. The van der Waals surface area contributed by atoms with Gasteiger partial charge in [-0.3, -0.25) is 0 Å². The zero-order valence-corrected chi connectivity index (χ0v) is 20.5. The SMILES string of the molecule is COC1C[C@H](OCc2ccccc2)[C@@H](COC(c2ccccc2)(c2ccccc2)c2ccccc2)O1. The van der Waals surface area contributed by atoms with Gasteiger partial charge < -0.3 is 18.9 Å². The molecule has 36 heavy (non-hydrogen) atoms. The fourth-order valence-electron chi connectivity index (χ4n) is 4.91. The summed E-state index contributed by atoms with van der Waals surface area (Å²) in [6.07, 6.45) is -0.0740. The van der Waals surface area contributed by atoms with Crippen LogP contribution in [0.15, 0.2) is 121 Å². The van der Waals surface area contributed by atoms with E-state index in [1.807, 2.05) is 36.4 Å². The molecule has 0 bridgehead atoms. The van der Waals surface area contributed by atoms with Gasteiger partial charge in [-0.15, -0.1) is 0 Å². The van der Waals surface area contributed by atoms with E-state index in [9.17, 15) is 0 Å². The van der Waals surface area contributed by atoms with Crippen LogP contribution in [-0.2, 0) is 31.2 Å². The van der Waals surface area contributed by atoms with E-state index in [4.69, 9.17) is 18.9 Å². The molecule has 4 heteroatoms. The van der Waals surface area contributed by atoms with E-state index in [1.165, 1.54) is 0 Å². The smallest absolute Gasteiger partial charge is 0.160 e. The van der Waals surface area contributed by atoms with Crippen molar-refractivity contribution in [1.82, 2.24) is 0 Å². The number of benzene rings is 4. The molecule has 0 N–H and O–H groups in total. The van der Waals surface area contributed by atoms with Crippen molar-refractivity contribution in [3.8, 4) is 0 Å². The van der Waals surface area contributed by atoms with Crippen molar-refractivity contribution in [3.05, 3.63) is 144 Å². The summed E-state index contributed by atoms with van der Waals surface area (Å²) < 4.78 is 25.1. The molecule has 0 amide bonds. The largest absolute Gasteiger partial charge is 0.371 e. The summed E-state index contributed by atoms with van der Waals surface area (Å²) in [6.45, 7) is 0.862. The van der Waals surface area contributed by atoms with Gasteiger partial charge >= 0.3 is 0 Å². The highest BCUT2D eigenvalue weighted by atomic mass is 16.7. The topological polar surface area (TPSA) is 36.9 Å². The fraction of sp³-hybridized carbons (Fsp3) is 0.250. The lowest BCUT2D eigenvalue weighted by Crippen LogP contribution is -2.38. The van der Waals surface area contributed by atoms with Crippen molar-refractivity contribution in [3.63, 3.8) is 0 Å². The monoisotopic (exact) mass is 480 g/mol. The molecule has 0 aromatic heterocycles. The lowest BCUT2D eigenvalue weighted by molar-refractivity contribution is -0.148. The van der Waals surface area contributed by atoms with Gasteiger partial charge in [-0.2, -0.15) is 0 Å². The summed E-state index contributed by atoms with van der Waals surface area (Å²) in [5.41, 5.74) is 3.51. The van der Waals surface area contributed by atoms with E-state index in [0.29, 0.717) is 19.6 Å². The van der Waals surface area contributed by atoms with Gasteiger partial charge in [-0.25, -0.2) is 0 Å². The Morgan fingerprint density at radius 2 is 1.17 bits per heavy atom. The first kappa shape index (κ1) is 24.4. The molecule has 0 aliphatic carbocycles. The minimum atomic E-state index is -0.803. The fourth-order valence-corrected chi connectivity index (χ4v) is 4.91. The second-order valence-corrected chi connectivity index (χ2v) is 9.00. The normalized spacial score (nSPS) is 19.9. The zero-order chi connectivity index (χ0) is 24.6. The van der Waals surface area contributed by atoms with Crippen LogP contribution in [0.5, 0.6) is 0 Å². The van der Waals surface area contributed by atoms with Gasteiger partial charge in [0.25, 0.3) is 0 Å². The molecule has 0 radical (unpaired) electrons. The molecule has 5 rings (SSSR count). The molecule has 1 saturated heterocycles. The Morgan fingerprint density at radius 1 is 0.694 bits per heavy atom. The first-order chi connectivity index (χ1) is 17.8. The summed E-state index contributed by atoms with van der Waals surface area (Å²) in [5.74, 6) is 0. The maximum absolute atomic E-state index is 6.99. The predicted octanol–water partition coefficient (Wildman–Crippen LogP) is 6.34. The third kappa shape index (κ3) is 5.28. The Morgan fingerprint density at radius 3 is 1.64 bits per heavy atom. The van der Waals surface area contributed by atoms with E-state index in [0.717, 1.165) is 22.3 Å². The lowest BCUT2D eigenvalue weighted by Gasteiger charge is -2.37. The maximum Gasteiger partial charge on any atom is 0.160 e. The Bertz CT molecular complexity index is 1090. The van der Waals surface area contributed by atoms with Crippen LogP contribution in [0.4, 0.5) is 0 Å². The standard InChI is InChI=1S/C32H32O4/c1-33-31-22-29(34-23-25-14-6-2-7-15-25)30(36-31)24-35-32(26-16-8-3-9-17-26,27-18-10-4-11-19-27)28-20-12-5-13-21-28/h2-21,29-31H,22-24H2,1H3/t29-,30+,31?/m0/s1. The molecule has 1 unspecified atom stereocenters. The van der Waals surface area contributed by atoms with Crippen LogP contribution < -0.4 is 0 Å². The summed E-state index contributed by atoms with van der Waals surface area (Å²) >= 11 is 0. The maximum atomic E-state index is 6.99. The highest BCUT2D eigenvalue weighted by Gasteiger charge is 2.42. The van der Waals surface area contributed by atoms with Crippen molar-refractivity contribution in [2.24, 2.45) is 0 Å². The van der Waals surface area contributed by atoms with E-state index < -0.39 is 5.60 Å². The van der Waals surface area contributed by atoms with Crippen LogP contribution in [-0.4, -0.2) is 32.2 Å². The Balaban J connectivity index is 1.46. The number of hydrogen-bond acceptors (Lipinski definition) is 4. The minimum absolute atomic E-state index is 0.143. The van der Waals surface area contributed by atoms with Gasteiger partial charge in [-0.1, -0.05) is 121 Å². The van der Waals surface area contributed by atoms with Crippen LogP contribution >= 0.6 is 0 Å². The molecule has 1 aliphatic rings. The molecule has 3 atom stereocenters. The number of ether oxygens (including phenoxy) is 4. The van der Waals surface area contributed by atoms with Gasteiger partial charge in [0.2, 0.25) is 0 Å². The third-order valence-electron chi connectivity index (χ3n) is 6.74. The second-order valence-electron chi connectivity index (χ2n) is 9.00. The van der Waals surface area contributed by atoms with Gasteiger partial charge in [0.15, 0.2) is 6.29 Å². The van der Waals surface area contributed by atoms with Crippen molar-refractivity contribution < 1.29 is 18.9 Å². The van der Waals surface area contributed by atoms with Gasteiger partial charge in [0.05, 0.1) is 19.3 Å². The molecule has 1 aliphatic heterocycles. The Labute approximate surface area is 213 Å². The van der Waals surface area contributed by atoms with E-state index >= 15 is 0 Å². The molecule has 4 aromatic carbocycles. The van der Waals surface area contributed by atoms with Gasteiger partial charge in [0.1, 0.15) is 11.7 Å². The van der Waals surface area contributed by atoms with Crippen LogP contribution in [0.3, 0.4) is 0 Å². The van der Waals surface area contributed by atoms with Gasteiger partial charge in [0, 0.05) is 13.5 Å². The minimum Gasteiger partial charge on any atom is -0.371 e. The summed E-state index contributed by atoms with van der Waals surface area (Å²) in [7, 11) is 1.67. The predicted molar refractivity (Wildman–Crippen MR) is 140 cm³/mol. The molecule has 184 valence electrons. The molecule has 1 heterocycles. The number of rotatable bonds is 10. The first-order valence-corrected chi connectivity index (χ1v) is 12.4. The second kappa shape index (κ2) is 11.6. The average molecular weight is 481 g/mol. The molecular formula is C32H32O4. The average Bonchev–Trinajstić information content (AvgIpc) is 3.37. The summed E-state index contributed by atoms with van der Waals surface area (Å²) in [6, 6.07) is 41.3. The highest BCUT2D eigenvalue weighted by molar-refractivity contribution is 5.47. The van der Waals surface area contributed by atoms with Crippen LogP contribution in [0.25, 0.3) is 0 Å². The molecule has 0 saturated carbocycles. The van der Waals surface area contributed by atoms with Crippen molar-refractivity contribution in [2.75, 3.05) is 13.7 Å². The Hall–Kier alpha value is -3.28. The van der Waals surface area contributed by atoms with E-state index in [2.05, 4.69) is 84.9 Å². The van der Waals surface area contributed by atoms with Crippen molar-refractivity contribution in [1.29, 1.82) is 0 Å². The van der Waals surface area contributed by atoms with Crippen molar-refractivity contribution in [2.45, 2.75) is 37.1 Å². The zero-order valence-electron chi connectivity index (χ0n) is 20.5. The van der Waals surface area contributed by atoms with E-state index in [1.54, 1.807) is 7.11 Å². The van der Waals surface area contributed by atoms with Crippen LogP contribution in [0.1, 0.15) is 28.7 Å². The number of methoxy groups -OCH3 is 1. The molecular weight excluding hydrogens is 448 g/mol. The van der Waals surface area contributed by atoms with Gasteiger partial charge in [-0.05, 0) is 22.3 Å². The highest BCUT2D eigenvalue weighted by Crippen LogP contribution is 2.41. The molecule has 4 aromatic rings. The van der Waals surface area contributed by atoms with E-state index in [-0.39, 0.29) is 18.5 Å². The summed E-state index contributed by atoms with van der Waals surface area (Å²) in [4.78, 5) is 0. The first-order valence-electron chi connectivity index (χ1n) is 12.4. The van der Waals surface area contributed by atoms with Crippen LogP contribution in [0.2, 0.25) is 0 Å². The molecule has 4 nitrogen and oxygen atoms in total. The Kier molecular flexibility index (Phi) is 7.89. The van der Waals surface area contributed by atoms with Crippen molar-refractivity contribution >= 4 is 0 Å². The van der Waals surface area contributed by atoms with Crippen LogP contribution in [0, 0.1) is 0 Å².